The van der Waals surface area contributed by atoms with Crippen LogP contribution in [0.4, 0.5) is 0 Å². The molecule has 0 N–H and O–H groups in total. The van der Waals surface area contributed by atoms with Crippen LogP contribution in [0.25, 0.3) is 5.69 Å². The van der Waals surface area contributed by atoms with Gasteiger partial charge in [-0.15, -0.1) is 0 Å². The topological polar surface area (TPSA) is 55.0 Å². The van der Waals surface area contributed by atoms with E-state index in [2.05, 4.69) is 6.07 Å². The van der Waals surface area contributed by atoms with E-state index < -0.39 is 0 Å². The van der Waals surface area contributed by atoms with Crippen LogP contribution in [-0.2, 0) is 0 Å². The average Bonchev–Trinajstić information content (AvgIpc) is 2.37. The van der Waals surface area contributed by atoms with Gasteiger partial charge in [-0.05, 0) is 26.0 Å². The Hall–Kier alpha value is -2.54. The molecule has 0 bridgehead atoms. The summed E-state index contributed by atoms with van der Waals surface area (Å²) in [5.41, 5.74) is 2.67. The van der Waals surface area contributed by atoms with Crippen molar-refractivity contribution < 1.29 is 4.74 Å². The first kappa shape index (κ1) is 12.9. The van der Waals surface area contributed by atoms with Gasteiger partial charge in [0.05, 0.1) is 12.7 Å². The zero-order chi connectivity index (χ0) is 14.0. The summed E-state index contributed by atoms with van der Waals surface area (Å²) in [5.74, 6) is 0.605. The largest absolute Gasteiger partial charge is 0.495 e. The summed E-state index contributed by atoms with van der Waals surface area (Å²) in [7, 11) is 1.56. The van der Waals surface area contributed by atoms with Crippen LogP contribution >= 0.6 is 0 Å². The van der Waals surface area contributed by atoms with Gasteiger partial charge in [-0.3, -0.25) is 4.79 Å². The van der Waals surface area contributed by atoms with Gasteiger partial charge in [-0.1, -0.05) is 6.07 Å². The van der Waals surface area contributed by atoms with E-state index in [1.54, 1.807) is 37.4 Å². The summed E-state index contributed by atoms with van der Waals surface area (Å²) in [4.78, 5) is 11.5. The maximum absolute atomic E-state index is 11.5. The first-order valence-corrected chi connectivity index (χ1v) is 5.86. The molecule has 19 heavy (non-hydrogen) atoms. The number of pyridine rings is 1. The van der Waals surface area contributed by atoms with Gasteiger partial charge in [-0.25, -0.2) is 0 Å². The minimum Gasteiger partial charge on any atom is -0.495 e. The van der Waals surface area contributed by atoms with Crippen LogP contribution in [-0.4, -0.2) is 11.7 Å². The van der Waals surface area contributed by atoms with E-state index in [1.165, 1.54) is 0 Å². The van der Waals surface area contributed by atoms with Crippen LogP contribution in [0.2, 0.25) is 0 Å². The molecule has 0 aliphatic carbocycles. The number of aryl methyl sites for hydroxylation is 2. The van der Waals surface area contributed by atoms with Crippen molar-refractivity contribution in [2.45, 2.75) is 13.8 Å². The number of hydrogen-bond acceptors (Lipinski definition) is 3. The Labute approximate surface area is 111 Å². The molecule has 2 aromatic rings. The molecular formula is C15H14N2O2. The SMILES string of the molecule is COc1cccc(C#N)c1-n1c(C)cc(=O)cc1C. The van der Waals surface area contributed by atoms with Crippen molar-refractivity contribution in [2.75, 3.05) is 7.11 Å². The van der Waals surface area contributed by atoms with Crippen LogP contribution in [0.5, 0.6) is 5.75 Å². The lowest BCUT2D eigenvalue weighted by atomic mass is 10.1. The fourth-order valence-corrected chi connectivity index (χ4v) is 2.22. The number of aromatic nitrogens is 1. The quantitative estimate of drug-likeness (QED) is 0.826. The van der Waals surface area contributed by atoms with Crippen molar-refractivity contribution in [3.63, 3.8) is 0 Å². The molecule has 0 saturated carbocycles. The molecule has 0 amide bonds. The van der Waals surface area contributed by atoms with Gasteiger partial charge in [-0.2, -0.15) is 5.26 Å². The number of benzene rings is 1. The Kier molecular flexibility index (Phi) is 3.39. The van der Waals surface area contributed by atoms with Gasteiger partial charge in [0.15, 0.2) is 5.43 Å². The standard InChI is InChI=1S/C15H14N2O2/c1-10-7-13(18)8-11(2)17(10)15-12(9-16)5-4-6-14(15)19-3/h4-8H,1-3H3. The zero-order valence-electron chi connectivity index (χ0n) is 11.1. The lowest BCUT2D eigenvalue weighted by molar-refractivity contribution is 0.412. The third kappa shape index (κ3) is 2.23. The van der Waals surface area contributed by atoms with Crippen molar-refractivity contribution in [3.05, 3.63) is 57.5 Å². The molecule has 4 nitrogen and oxygen atoms in total. The predicted molar refractivity (Wildman–Crippen MR) is 72.8 cm³/mol. The number of methoxy groups -OCH3 is 1. The Morgan fingerprint density at radius 2 is 1.84 bits per heavy atom. The Balaban J connectivity index is 2.87. The van der Waals surface area contributed by atoms with E-state index in [-0.39, 0.29) is 5.43 Å². The minimum atomic E-state index is -0.0420. The maximum atomic E-state index is 11.5. The zero-order valence-corrected chi connectivity index (χ0v) is 11.1. The van der Waals surface area contributed by atoms with Gasteiger partial charge >= 0.3 is 0 Å². The molecule has 0 spiro atoms. The molecule has 0 unspecified atom stereocenters. The fourth-order valence-electron chi connectivity index (χ4n) is 2.22. The highest BCUT2D eigenvalue weighted by Gasteiger charge is 2.14. The highest BCUT2D eigenvalue weighted by molar-refractivity contribution is 5.59. The summed E-state index contributed by atoms with van der Waals surface area (Å²) in [6.07, 6.45) is 0. The van der Waals surface area contributed by atoms with Crippen molar-refractivity contribution in [2.24, 2.45) is 0 Å². The smallest absolute Gasteiger partial charge is 0.182 e. The Morgan fingerprint density at radius 1 is 1.21 bits per heavy atom. The van der Waals surface area contributed by atoms with Crippen LogP contribution in [0, 0.1) is 25.2 Å². The molecule has 0 radical (unpaired) electrons. The third-order valence-electron chi connectivity index (χ3n) is 2.97. The van der Waals surface area contributed by atoms with Crippen LogP contribution in [0.3, 0.4) is 0 Å². The summed E-state index contributed by atoms with van der Waals surface area (Å²) in [6, 6.07) is 10.5. The molecule has 0 aliphatic rings. The van der Waals surface area contributed by atoms with Gasteiger partial charge in [0.25, 0.3) is 0 Å². The second-order valence-electron chi connectivity index (χ2n) is 4.28. The molecule has 2 rings (SSSR count). The molecule has 0 aliphatic heterocycles. The molecule has 96 valence electrons. The lowest BCUT2D eigenvalue weighted by Gasteiger charge is -2.18. The molecule has 4 heteroatoms. The first-order chi connectivity index (χ1) is 9.08. The predicted octanol–water partition coefficient (Wildman–Crippen LogP) is 2.33. The maximum Gasteiger partial charge on any atom is 0.182 e. The van der Waals surface area contributed by atoms with E-state index in [9.17, 15) is 10.1 Å². The molecule has 1 aromatic heterocycles. The van der Waals surface area contributed by atoms with Gasteiger partial charge in [0.1, 0.15) is 17.5 Å². The average molecular weight is 254 g/mol. The minimum absolute atomic E-state index is 0.0420. The number of para-hydroxylation sites is 1. The first-order valence-electron chi connectivity index (χ1n) is 5.86. The number of nitriles is 1. The lowest BCUT2D eigenvalue weighted by Crippen LogP contribution is -2.13. The summed E-state index contributed by atoms with van der Waals surface area (Å²) < 4.78 is 7.19. The normalized spacial score (nSPS) is 10.0. The molecular weight excluding hydrogens is 240 g/mol. The number of nitrogens with zero attached hydrogens (tertiary/aromatic N) is 2. The van der Waals surface area contributed by atoms with Crippen LogP contribution in [0.15, 0.2) is 35.1 Å². The van der Waals surface area contributed by atoms with E-state index in [0.29, 0.717) is 17.0 Å². The van der Waals surface area contributed by atoms with Gasteiger partial charge in [0.2, 0.25) is 0 Å². The summed E-state index contributed by atoms with van der Waals surface area (Å²) in [6.45, 7) is 3.67. The molecule has 0 fully saturated rings. The fraction of sp³-hybridized carbons (Fsp3) is 0.200. The highest BCUT2D eigenvalue weighted by Crippen LogP contribution is 2.28. The van der Waals surface area contributed by atoms with Crippen LogP contribution in [0.1, 0.15) is 17.0 Å². The van der Waals surface area contributed by atoms with Crippen molar-refractivity contribution in [1.29, 1.82) is 5.26 Å². The van der Waals surface area contributed by atoms with E-state index in [0.717, 1.165) is 11.4 Å². The van der Waals surface area contributed by atoms with Crippen molar-refractivity contribution in [3.8, 4) is 17.5 Å². The molecule has 1 heterocycles. The molecule has 0 saturated heterocycles. The van der Waals surface area contributed by atoms with E-state index >= 15 is 0 Å². The second-order valence-corrected chi connectivity index (χ2v) is 4.28. The van der Waals surface area contributed by atoms with Gasteiger partial charge in [0, 0.05) is 23.5 Å². The van der Waals surface area contributed by atoms with Crippen molar-refractivity contribution in [1.82, 2.24) is 4.57 Å². The monoisotopic (exact) mass is 254 g/mol. The number of ether oxygens (including phenoxy) is 1. The highest BCUT2D eigenvalue weighted by atomic mass is 16.5. The Morgan fingerprint density at radius 3 is 2.37 bits per heavy atom. The van der Waals surface area contributed by atoms with Crippen molar-refractivity contribution >= 4 is 0 Å². The van der Waals surface area contributed by atoms with Crippen LogP contribution < -0.4 is 10.2 Å². The third-order valence-corrected chi connectivity index (χ3v) is 2.97. The van der Waals surface area contributed by atoms with E-state index in [4.69, 9.17) is 4.74 Å². The number of rotatable bonds is 2. The summed E-state index contributed by atoms with van der Waals surface area (Å²) >= 11 is 0. The number of hydrogen-bond donors (Lipinski definition) is 0. The Bertz CT molecular complexity index is 698. The van der Waals surface area contributed by atoms with E-state index in [1.807, 2.05) is 18.4 Å². The summed E-state index contributed by atoms with van der Waals surface area (Å²) in [5, 5.41) is 9.26. The molecule has 0 atom stereocenters. The van der Waals surface area contributed by atoms with Gasteiger partial charge < -0.3 is 9.30 Å². The second kappa shape index (κ2) is 4.99. The molecule has 1 aromatic carbocycles.